The van der Waals surface area contributed by atoms with E-state index in [1.807, 2.05) is 35.8 Å². The molecule has 3 nitrogen and oxygen atoms in total. The first-order valence-electron chi connectivity index (χ1n) is 6.39. The fourth-order valence-electron chi connectivity index (χ4n) is 2.27. The predicted octanol–water partition coefficient (Wildman–Crippen LogP) is 4.84. The van der Waals surface area contributed by atoms with Gasteiger partial charge in [0.05, 0.1) is 27.1 Å². The molecule has 0 radical (unpaired) electrons. The highest BCUT2D eigenvalue weighted by molar-refractivity contribution is 6.42. The highest BCUT2D eigenvalue weighted by atomic mass is 35.5. The maximum atomic E-state index is 9.08. The second-order valence-corrected chi connectivity index (χ2v) is 5.62. The number of aromatic nitrogens is 2. The summed E-state index contributed by atoms with van der Waals surface area (Å²) in [6.07, 6.45) is 0. The van der Waals surface area contributed by atoms with Crippen LogP contribution in [0, 0.1) is 18.3 Å². The Morgan fingerprint density at radius 2 is 1.81 bits per heavy atom. The Hall–Kier alpha value is -2.02. The third-order valence-corrected chi connectivity index (χ3v) is 4.05. The standard InChI is InChI=1S/C16H11Cl2N3/c1-10-2-4-11(5-3-10)16-20-14-8-12(17)13(18)9-15(14)21(16)7-6-19/h2-5,8-9H,7H2,1H3. The summed E-state index contributed by atoms with van der Waals surface area (Å²) in [5, 5.41) is 10.00. The van der Waals surface area contributed by atoms with Gasteiger partial charge < -0.3 is 4.57 Å². The Kier molecular flexibility index (Phi) is 3.59. The van der Waals surface area contributed by atoms with Gasteiger partial charge in [0.2, 0.25) is 0 Å². The number of nitriles is 1. The zero-order chi connectivity index (χ0) is 15.0. The van der Waals surface area contributed by atoms with E-state index in [1.54, 1.807) is 12.1 Å². The first-order valence-corrected chi connectivity index (χ1v) is 7.15. The lowest BCUT2D eigenvalue weighted by Crippen LogP contribution is -1.98. The molecule has 0 atom stereocenters. The summed E-state index contributed by atoms with van der Waals surface area (Å²) in [5.41, 5.74) is 3.67. The van der Waals surface area contributed by atoms with Gasteiger partial charge in [0.1, 0.15) is 12.4 Å². The smallest absolute Gasteiger partial charge is 0.142 e. The third-order valence-electron chi connectivity index (χ3n) is 3.33. The molecule has 0 saturated heterocycles. The average molecular weight is 316 g/mol. The summed E-state index contributed by atoms with van der Waals surface area (Å²) in [4.78, 5) is 4.60. The number of halogens is 2. The van der Waals surface area contributed by atoms with E-state index < -0.39 is 0 Å². The largest absolute Gasteiger partial charge is 0.310 e. The van der Waals surface area contributed by atoms with E-state index in [2.05, 4.69) is 11.1 Å². The zero-order valence-corrected chi connectivity index (χ0v) is 12.8. The van der Waals surface area contributed by atoms with E-state index in [1.165, 1.54) is 5.56 Å². The first-order chi connectivity index (χ1) is 10.1. The summed E-state index contributed by atoms with van der Waals surface area (Å²) in [7, 11) is 0. The van der Waals surface area contributed by atoms with Crippen LogP contribution >= 0.6 is 23.2 Å². The van der Waals surface area contributed by atoms with Crippen LogP contribution in [0.1, 0.15) is 5.56 Å². The minimum absolute atomic E-state index is 0.206. The number of aryl methyl sites for hydroxylation is 1. The number of hydrogen-bond acceptors (Lipinski definition) is 2. The van der Waals surface area contributed by atoms with Gasteiger partial charge in [-0.3, -0.25) is 0 Å². The van der Waals surface area contributed by atoms with Crippen molar-refractivity contribution in [3.05, 3.63) is 52.0 Å². The molecule has 0 amide bonds. The molecular weight excluding hydrogens is 305 g/mol. The van der Waals surface area contributed by atoms with Crippen LogP contribution in [0.3, 0.4) is 0 Å². The Morgan fingerprint density at radius 1 is 1.14 bits per heavy atom. The third kappa shape index (κ3) is 2.49. The molecule has 3 rings (SSSR count). The molecule has 0 aliphatic rings. The van der Waals surface area contributed by atoms with Gasteiger partial charge >= 0.3 is 0 Å². The van der Waals surface area contributed by atoms with E-state index in [9.17, 15) is 0 Å². The van der Waals surface area contributed by atoms with Gasteiger partial charge in [-0.1, -0.05) is 53.0 Å². The molecule has 0 aliphatic carbocycles. The molecule has 1 heterocycles. The summed E-state index contributed by atoms with van der Waals surface area (Å²) in [5.74, 6) is 0.741. The molecule has 0 fully saturated rings. The minimum atomic E-state index is 0.206. The molecule has 1 aromatic heterocycles. The van der Waals surface area contributed by atoms with Crippen LogP contribution in [0.5, 0.6) is 0 Å². The lowest BCUT2D eigenvalue weighted by Gasteiger charge is -2.05. The topological polar surface area (TPSA) is 41.6 Å². The fraction of sp³-hybridized carbons (Fsp3) is 0.125. The fourth-order valence-corrected chi connectivity index (χ4v) is 2.59. The minimum Gasteiger partial charge on any atom is -0.310 e. The van der Waals surface area contributed by atoms with E-state index in [-0.39, 0.29) is 6.54 Å². The lowest BCUT2D eigenvalue weighted by atomic mass is 10.1. The highest BCUT2D eigenvalue weighted by Crippen LogP contribution is 2.31. The predicted molar refractivity (Wildman–Crippen MR) is 85.5 cm³/mol. The maximum Gasteiger partial charge on any atom is 0.142 e. The molecule has 0 bridgehead atoms. The molecule has 0 aliphatic heterocycles. The van der Waals surface area contributed by atoms with Crippen LogP contribution in [-0.2, 0) is 6.54 Å². The zero-order valence-electron chi connectivity index (χ0n) is 11.3. The van der Waals surface area contributed by atoms with Gasteiger partial charge in [0.15, 0.2) is 0 Å². The van der Waals surface area contributed by atoms with Crippen LogP contribution in [-0.4, -0.2) is 9.55 Å². The molecule has 5 heteroatoms. The van der Waals surface area contributed by atoms with Crippen LogP contribution < -0.4 is 0 Å². The second kappa shape index (κ2) is 5.40. The molecular formula is C16H11Cl2N3. The Bertz CT molecular complexity index is 858. The molecule has 2 aromatic carbocycles. The molecule has 104 valence electrons. The van der Waals surface area contributed by atoms with Gasteiger partial charge in [0, 0.05) is 5.56 Å². The monoisotopic (exact) mass is 315 g/mol. The van der Waals surface area contributed by atoms with Crippen LogP contribution in [0.25, 0.3) is 22.4 Å². The summed E-state index contributed by atoms with van der Waals surface area (Å²) >= 11 is 12.1. The Balaban J connectivity index is 2.29. The number of rotatable bonds is 2. The number of fused-ring (bicyclic) bond motifs is 1. The van der Waals surface area contributed by atoms with Crippen molar-refractivity contribution in [3.63, 3.8) is 0 Å². The summed E-state index contributed by atoms with van der Waals surface area (Å²) in [6, 6.07) is 13.7. The molecule has 3 aromatic rings. The van der Waals surface area contributed by atoms with Crippen molar-refractivity contribution in [3.8, 4) is 17.5 Å². The van der Waals surface area contributed by atoms with Crippen molar-refractivity contribution in [2.45, 2.75) is 13.5 Å². The van der Waals surface area contributed by atoms with E-state index in [4.69, 9.17) is 28.5 Å². The Morgan fingerprint density at radius 3 is 2.48 bits per heavy atom. The van der Waals surface area contributed by atoms with Gasteiger partial charge in [-0.15, -0.1) is 0 Å². The van der Waals surface area contributed by atoms with Gasteiger partial charge in [0.25, 0.3) is 0 Å². The van der Waals surface area contributed by atoms with E-state index >= 15 is 0 Å². The summed E-state index contributed by atoms with van der Waals surface area (Å²) < 4.78 is 1.85. The van der Waals surface area contributed by atoms with Crippen molar-refractivity contribution in [2.24, 2.45) is 0 Å². The number of imidazole rings is 1. The van der Waals surface area contributed by atoms with E-state index in [0.29, 0.717) is 10.0 Å². The first kappa shape index (κ1) is 13.9. The highest BCUT2D eigenvalue weighted by Gasteiger charge is 2.14. The van der Waals surface area contributed by atoms with Gasteiger partial charge in [-0.2, -0.15) is 5.26 Å². The van der Waals surface area contributed by atoms with Crippen molar-refractivity contribution in [1.82, 2.24) is 9.55 Å². The number of nitrogens with zero attached hydrogens (tertiary/aromatic N) is 3. The summed E-state index contributed by atoms with van der Waals surface area (Å²) in [6.45, 7) is 2.24. The van der Waals surface area contributed by atoms with Crippen molar-refractivity contribution < 1.29 is 0 Å². The van der Waals surface area contributed by atoms with E-state index in [0.717, 1.165) is 22.4 Å². The number of benzene rings is 2. The lowest BCUT2D eigenvalue weighted by molar-refractivity contribution is 0.870. The van der Waals surface area contributed by atoms with Crippen molar-refractivity contribution >= 4 is 34.2 Å². The SMILES string of the molecule is Cc1ccc(-c2nc3cc(Cl)c(Cl)cc3n2CC#N)cc1. The Labute approximate surface area is 132 Å². The molecule has 0 unspecified atom stereocenters. The molecule has 21 heavy (non-hydrogen) atoms. The second-order valence-electron chi connectivity index (χ2n) is 4.80. The maximum absolute atomic E-state index is 9.08. The normalized spacial score (nSPS) is 10.8. The van der Waals surface area contributed by atoms with Gasteiger partial charge in [-0.05, 0) is 19.1 Å². The quantitative estimate of drug-likeness (QED) is 0.678. The molecule has 0 N–H and O–H groups in total. The van der Waals surface area contributed by atoms with Gasteiger partial charge in [-0.25, -0.2) is 4.98 Å². The van der Waals surface area contributed by atoms with Crippen molar-refractivity contribution in [2.75, 3.05) is 0 Å². The van der Waals surface area contributed by atoms with Crippen LogP contribution in [0.4, 0.5) is 0 Å². The molecule has 0 spiro atoms. The van der Waals surface area contributed by atoms with Crippen LogP contribution in [0.2, 0.25) is 10.0 Å². The number of hydrogen-bond donors (Lipinski definition) is 0. The van der Waals surface area contributed by atoms with Crippen LogP contribution in [0.15, 0.2) is 36.4 Å². The van der Waals surface area contributed by atoms with Crippen molar-refractivity contribution in [1.29, 1.82) is 5.26 Å². The average Bonchev–Trinajstić information content (AvgIpc) is 2.79. The molecule has 0 saturated carbocycles.